The van der Waals surface area contributed by atoms with Gasteiger partial charge in [0.15, 0.2) is 0 Å². The molecule has 2 heteroatoms. The second kappa shape index (κ2) is 4.94. The van der Waals surface area contributed by atoms with Gasteiger partial charge in [-0.15, -0.1) is 6.58 Å². The summed E-state index contributed by atoms with van der Waals surface area (Å²) in [6.45, 7) is 8.62. The third kappa shape index (κ3) is 3.81. The summed E-state index contributed by atoms with van der Waals surface area (Å²) in [5.41, 5.74) is 0. The maximum Gasteiger partial charge on any atom is 0.101 e. The zero-order chi connectivity index (χ0) is 8.85. The van der Waals surface area contributed by atoms with E-state index in [1.54, 1.807) is 0 Å². The van der Waals surface area contributed by atoms with Gasteiger partial charge in [0.1, 0.15) is 5.84 Å². The first-order valence-corrected chi connectivity index (χ1v) is 3.92. The van der Waals surface area contributed by atoms with Crippen molar-refractivity contribution in [1.29, 1.82) is 0 Å². The van der Waals surface area contributed by atoms with Crippen molar-refractivity contribution in [2.75, 3.05) is 20.6 Å². The van der Waals surface area contributed by atoms with Gasteiger partial charge >= 0.3 is 0 Å². The van der Waals surface area contributed by atoms with Crippen LogP contribution in [-0.4, -0.2) is 31.4 Å². The molecule has 0 N–H and O–H groups in total. The normalized spacial score (nSPS) is 11.9. The maximum absolute atomic E-state index is 4.37. The molecule has 0 spiro atoms. The van der Waals surface area contributed by atoms with E-state index in [0.717, 1.165) is 5.84 Å². The first-order valence-electron chi connectivity index (χ1n) is 3.92. The van der Waals surface area contributed by atoms with Crippen LogP contribution in [0.15, 0.2) is 17.6 Å². The van der Waals surface area contributed by atoms with Crippen LogP contribution in [0.4, 0.5) is 0 Å². The van der Waals surface area contributed by atoms with Crippen LogP contribution in [0.3, 0.4) is 0 Å². The largest absolute Gasteiger partial charge is 0.366 e. The summed E-state index contributed by atoms with van der Waals surface area (Å²) in [6.07, 6.45) is 1.81. The quantitative estimate of drug-likeness (QED) is 0.344. The minimum atomic E-state index is 0.491. The molecule has 0 unspecified atom stereocenters. The molecule has 0 saturated carbocycles. The topological polar surface area (TPSA) is 15.6 Å². The fourth-order valence-electron chi connectivity index (χ4n) is 0.998. The molecule has 0 fully saturated rings. The van der Waals surface area contributed by atoms with E-state index in [0.29, 0.717) is 12.5 Å². The van der Waals surface area contributed by atoms with Gasteiger partial charge in [-0.05, 0) is 0 Å². The number of rotatable bonds is 3. The Labute approximate surface area is 69.6 Å². The Morgan fingerprint density at radius 1 is 1.55 bits per heavy atom. The number of hydrogen-bond donors (Lipinski definition) is 0. The van der Waals surface area contributed by atoms with E-state index >= 15 is 0 Å². The Balaban J connectivity index is 4.20. The average molecular weight is 154 g/mol. The van der Waals surface area contributed by atoms with Crippen LogP contribution in [0.1, 0.15) is 13.8 Å². The highest BCUT2D eigenvalue weighted by molar-refractivity contribution is 5.83. The molecule has 0 aliphatic carbocycles. The third-order valence-electron chi connectivity index (χ3n) is 1.36. The molecular formula is C9H18N2. The monoisotopic (exact) mass is 154 g/mol. The zero-order valence-corrected chi connectivity index (χ0v) is 7.96. The van der Waals surface area contributed by atoms with Gasteiger partial charge in [0.2, 0.25) is 0 Å². The van der Waals surface area contributed by atoms with Crippen molar-refractivity contribution in [1.82, 2.24) is 4.90 Å². The number of hydrogen-bond acceptors (Lipinski definition) is 1. The SMILES string of the molecule is C=CCN=C(C(C)C)N(C)C. The molecule has 0 aromatic rings. The van der Waals surface area contributed by atoms with Crippen LogP contribution in [0.25, 0.3) is 0 Å². The Hall–Kier alpha value is -0.790. The lowest BCUT2D eigenvalue weighted by Gasteiger charge is -2.18. The highest BCUT2D eigenvalue weighted by Gasteiger charge is 2.05. The summed E-state index contributed by atoms with van der Waals surface area (Å²) in [5.74, 6) is 1.62. The molecule has 11 heavy (non-hydrogen) atoms. The molecule has 0 aromatic carbocycles. The second-order valence-electron chi connectivity index (χ2n) is 3.04. The highest BCUT2D eigenvalue weighted by atomic mass is 15.1. The lowest BCUT2D eigenvalue weighted by molar-refractivity contribution is 0.572. The van der Waals surface area contributed by atoms with Crippen molar-refractivity contribution < 1.29 is 0 Å². The standard InChI is InChI=1S/C9H18N2/c1-6-7-10-9(8(2)3)11(4)5/h6,8H,1,7H2,2-5H3. The number of nitrogens with zero attached hydrogens (tertiary/aromatic N) is 2. The minimum absolute atomic E-state index is 0.491. The Morgan fingerprint density at radius 2 is 2.09 bits per heavy atom. The van der Waals surface area contributed by atoms with Gasteiger partial charge in [-0.3, -0.25) is 4.99 Å². The lowest BCUT2D eigenvalue weighted by Crippen LogP contribution is -2.27. The average Bonchev–Trinajstić information content (AvgIpc) is 1.87. The smallest absolute Gasteiger partial charge is 0.101 e. The summed E-state index contributed by atoms with van der Waals surface area (Å²) < 4.78 is 0. The first kappa shape index (κ1) is 10.2. The van der Waals surface area contributed by atoms with Crippen LogP contribution in [0.5, 0.6) is 0 Å². The molecule has 0 atom stereocenters. The van der Waals surface area contributed by atoms with Gasteiger partial charge in [-0.1, -0.05) is 19.9 Å². The Kier molecular flexibility index (Phi) is 4.59. The van der Waals surface area contributed by atoms with Crippen LogP contribution >= 0.6 is 0 Å². The van der Waals surface area contributed by atoms with Gasteiger partial charge < -0.3 is 4.90 Å². The summed E-state index contributed by atoms with van der Waals surface area (Å²) >= 11 is 0. The van der Waals surface area contributed by atoms with E-state index in [9.17, 15) is 0 Å². The summed E-state index contributed by atoms with van der Waals surface area (Å²) in [5, 5.41) is 0. The Morgan fingerprint density at radius 3 is 2.36 bits per heavy atom. The van der Waals surface area contributed by atoms with Crippen molar-refractivity contribution >= 4 is 5.84 Å². The highest BCUT2D eigenvalue weighted by Crippen LogP contribution is 1.99. The van der Waals surface area contributed by atoms with Crippen molar-refractivity contribution in [3.63, 3.8) is 0 Å². The van der Waals surface area contributed by atoms with Crippen molar-refractivity contribution in [3.05, 3.63) is 12.7 Å². The van der Waals surface area contributed by atoms with E-state index in [-0.39, 0.29) is 0 Å². The third-order valence-corrected chi connectivity index (χ3v) is 1.36. The van der Waals surface area contributed by atoms with E-state index < -0.39 is 0 Å². The van der Waals surface area contributed by atoms with Gasteiger partial charge in [0.25, 0.3) is 0 Å². The minimum Gasteiger partial charge on any atom is -0.366 e. The Bertz CT molecular complexity index is 136. The molecule has 0 bridgehead atoms. The summed E-state index contributed by atoms with van der Waals surface area (Å²) in [6, 6.07) is 0. The molecular weight excluding hydrogens is 136 g/mol. The van der Waals surface area contributed by atoms with Crippen LogP contribution < -0.4 is 0 Å². The predicted octanol–water partition coefficient (Wildman–Crippen LogP) is 1.79. The van der Waals surface area contributed by atoms with Crippen LogP contribution in [0.2, 0.25) is 0 Å². The van der Waals surface area contributed by atoms with Gasteiger partial charge in [-0.2, -0.15) is 0 Å². The molecule has 0 aliphatic rings. The van der Waals surface area contributed by atoms with Gasteiger partial charge in [-0.25, -0.2) is 0 Å². The van der Waals surface area contributed by atoms with Crippen molar-refractivity contribution in [3.8, 4) is 0 Å². The van der Waals surface area contributed by atoms with E-state index in [2.05, 4.69) is 25.4 Å². The molecule has 0 heterocycles. The molecule has 0 aliphatic heterocycles. The fraction of sp³-hybridized carbons (Fsp3) is 0.667. The predicted molar refractivity (Wildman–Crippen MR) is 51.0 cm³/mol. The molecule has 0 radical (unpaired) electrons. The second-order valence-corrected chi connectivity index (χ2v) is 3.04. The molecule has 2 nitrogen and oxygen atoms in total. The molecule has 64 valence electrons. The van der Waals surface area contributed by atoms with Gasteiger partial charge in [0, 0.05) is 20.0 Å². The van der Waals surface area contributed by atoms with Crippen molar-refractivity contribution in [2.45, 2.75) is 13.8 Å². The van der Waals surface area contributed by atoms with E-state index in [1.807, 2.05) is 25.1 Å². The van der Waals surface area contributed by atoms with E-state index in [1.165, 1.54) is 0 Å². The maximum atomic E-state index is 4.37. The number of aliphatic imine (C=N–C) groups is 1. The fourth-order valence-corrected chi connectivity index (χ4v) is 0.998. The number of amidine groups is 1. The van der Waals surface area contributed by atoms with E-state index in [4.69, 9.17) is 0 Å². The summed E-state index contributed by atoms with van der Waals surface area (Å²) in [7, 11) is 4.03. The molecule has 0 saturated heterocycles. The molecule has 0 amide bonds. The van der Waals surface area contributed by atoms with Crippen molar-refractivity contribution in [2.24, 2.45) is 10.9 Å². The first-order chi connectivity index (χ1) is 5.09. The van der Waals surface area contributed by atoms with Crippen LogP contribution in [-0.2, 0) is 0 Å². The van der Waals surface area contributed by atoms with Crippen LogP contribution in [0, 0.1) is 5.92 Å². The van der Waals surface area contributed by atoms with Gasteiger partial charge in [0.05, 0.1) is 6.54 Å². The summed E-state index contributed by atoms with van der Waals surface area (Å²) in [4.78, 5) is 6.42. The molecule has 0 rings (SSSR count). The zero-order valence-electron chi connectivity index (χ0n) is 7.96. The lowest BCUT2D eigenvalue weighted by atomic mass is 10.2. The molecule has 0 aromatic heterocycles.